The van der Waals surface area contributed by atoms with Crippen LogP contribution in [0.4, 0.5) is 8.78 Å². The average molecular weight is 317 g/mol. The molecule has 1 aliphatic carbocycles. The van der Waals surface area contributed by atoms with E-state index < -0.39 is 31.6 Å². The van der Waals surface area contributed by atoms with Crippen LogP contribution >= 0.6 is 0 Å². The SMILES string of the molecule is CCNC1C(S(=O)(=O)c2cc(F)ccc2F)CCC1(C)C. The summed E-state index contributed by atoms with van der Waals surface area (Å²) in [6, 6.07) is 2.30. The molecule has 0 bridgehead atoms. The second-order valence-corrected chi connectivity index (χ2v) is 8.36. The Morgan fingerprint density at radius 1 is 1.33 bits per heavy atom. The van der Waals surface area contributed by atoms with Crippen LogP contribution in [0.3, 0.4) is 0 Å². The highest BCUT2D eigenvalue weighted by atomic mass is 32.2. The summed E-state index contributed by atoms with van der Waals surface area (Å²) >= 11 is 0. The first-order valence-electron chi connectivity index (χ1n) is 7.12. The van der Waals surface area contributed by atoms with Crippen molar-refractivity contribution in [3.63, 3.8) is 0 Å². The summed E-state index contributed by atoms with van der Waals surface area (Å²) in [5, 5.41) is 2.47. The Balaban J connectivity index is 2.46. The van der Waals surface area contributed by atoms with Crippen LogP contribution in [0.2, 0.25) is 0 Å². The Bertz CT molecular complexity index is 629. The number of hydrogen-bond acceptors (Lipinski definition) is 3. The lowest BCUT2D eigenvalue weighted by molar-refractivity contribution is 0.288. The van der Waals surface area contributed by atoms with Crippen molar-refractivity contribution in [3.05, 3.63) is 29.8 Å². The largest absolute Gasteiger partial charge is 0.312 e. The molecule has 0 heterocycles. The number of nitrogens with one attached hydrogen (secondary N) is 1. The molecule has 1 fully saturated rings. The Labute approximate surface area is 124 Å². The molecule has 0 aromatic heterocycles. The van der Waals surface area contributed by atoms with E-state index in [2.05, 4.69) is 5.32 Å². The van der Waals surface area contributed by atoms with Gasteiger partial charge in [0.25, 0.3) is 0 Å². The summed E-state index contributed by atoms with van der Waals surface area (Å²) in [5.74, 6) is -1.64. The van der Waals surface area contributed by atoms with E-state index in [-0.39, 0.29) is 11.5 Å². The highest BCUT2D eigenvalue weighted by molar-refractivity contribution is 7.92. The Morgan fingerprint density at radius 2 is 2.00 bits per heavy atom. The minimum atomic E-state index is -3.91. The van der Waals surface area contributed by atoms with Gasteiger partial charge in [-0.25, -0.2) is 17.2 Å². The third-order valence-electron chi connectivity index (χ3n) is 4.31. The standard InChI is InChI=1S/C15H21F2NO2S/c1-4-18-14-12(7-8-15(14,2)3)21(19,20)13-9-10(16)5-6-11(13)17/h5-6,9,12,14,18H,4,7-8H2,1-3H3. The zero-order valence-electron chi connectivity index (χ0n) is 12.5. The van der Waals surface area contributed by atoms with E-state index in [4.69, 9.17) is 0 Å². The smallest absolute Gasteiger partial charge is 0.185 e. The zero-order chi connectivity index (χ0) is 15.8. The quantitative estimate of drug-likeness (QED) is 0.929. The van der Waals surface area contributed by atoms with Crippen molar-refractivity contribution in [2.45, 2.75) is 49.8 Å². The van der Waals surface area contributed by atoms with Gasteiger partial charge in [0.2, 0.25) is 0 Å². The minimum Gasteiger partial charge on any atom is -0.312 e. The van der Waals surface area contributed by atoms with Gasteiger partial charge >= 0.3 is 0 Å². The fourth-order valence-corrected chi connectivity index (χ4v) is 5.35. The van der Waals surface area contributed by atoms with E-state index >= 15 is 0 Å². The number of sulfone groups is 1. The minimum absolute atomic E-state index is 0.197. The number of halogens is 2. The van der Waals surface area contributed by atoms with Crippen molar-refractivity contribution in [2.75, 3.05) is 6.54 Å². The van der Waals surface area contributed by atoms with E-state index in [0.29, 0.717) is 13.0 Å². The highest BCUT2D eigenvalue weighted by Crippen LogP contribution is 2.42. The van der Waals surface area contributed by atoms with Gasteiger partial charge in [0.1, 0.15) is 16.5 Å². The molecule has 1 aromatic rings. The van der Waals surface area contributed by atoms with Crippen molar-refractivity contribution in [1.29, 1.82) is 0 Å². The normalized spacial score (nSPS) is 25.2. The topological polar surface area (TPSA) is 46.2 Å². The van der Waals surface area contributed by atoms with Crippen molar-refractivity contribution < 1.29 is 17.2 Å². The molecule has 118 valence electrons. The third-order valence-corrected chi connectivity index (χ3v) is 6.54. The fraction of sp³-hybridized carbons (Fsp3) is 0.600. The molecule has 3 nitrogen and oxygen atoms in total. The molecule has 1 aliphatic rings. The summed E-state index contributed by atoms with van der Waals surface area (Å²) in [6.07, 6.45) is 1.18. The summed E-state index contributed by atoms with van der Waals surface area (Å²) < 4.78 is 52.6. The molecular weight excluding hydrogens is 296 g/mol. The van der Waals surface area contributed by atoms with Crippen LogP contribution in [0.25, 0.3) is 0 Å². The number of rotatable bonds is 4. The molecule has 2 rings (SSSR count). The van der Waals surface area contributed by atoms with Gasteiger partial charge in [-0.1, -0.05) is 20.8 Å². The van der Waals surface area contributed by atoms with Crippen LogP contribution in [0.1, 0.15) is 33.6 Å². The fourth-order valence-electron chi connectivity index (χ4n) is 3.16. The first-order valence-corrected chi connectivity index (χ1v) is 8.67. The number of benzene rings is 1. The molecular formula is C15H21F2NO2S. The van der Waals surface area contributed by atoms with Gasteiger partial charge in [-0.2, -0.15) is 0 Å². The molecule has 2 atom stereocenters. The molecule has 1 aromatic carbocycles. The van der Waals surface area contributed by atoms with Crippen molar-refractivity contribution in [1.82, 2.24) is 5.32 Å². The van der Waals surface area contributed by atoms with Gasteiger partial charge < -0.3 is 5.32 Å². The van der Waals surface area contributed by atoms with E-state index in [1.54, 1.807) is 0 Å². The molecule has 0 amide bonds. The van der Waals surface area contributed by atoms with E-state index in [1.165, 1.54) is 0 Å². The van der Waals surface area contributed by atoms with E-state index in [0.717, 1.165) is 24.6 Å². The molecule has 0 spiro atoms. The van der Waals surface area contributed by atoms with E-state index in [1.807, 2.05) is 20.8 Å². The summed E-state index contributed by atoms with van der Waals surface area (Å²) in [6.45, 7) is 6.53. The van der Waals surface area contributed by atoms with Crippen LogP contribution in [-0.4, -0.2) is 26.3 Å². The predicted molar refractivity (Wildman–Crippen MR) is 77.8 cm³/mol. The van der Waals surface area contributed by atoms with Gasteiger partial charge in [-0.15, -0.1) is 0 Å². The number of hydrogen-bond donors (Lipinski definition) is 1. The van der Waals surface area contributed by atoms with Crippen LogP contribution in [0, 0.1) is 17.0 Å². The van der Waals surface area contributed by atoms with Gasteiger partial charge in [0.15, 0.2) is 9.84 Å². The zero-order valence-corrected chi connectivity index (χ0v) is 13.3. The van der Waals surface area contributed by atoms with Crippen molar-refractivity contribution in [3.8, 4) is 0 Å². The van der Waals surface area contributed by atoms with Gasteiger partial charge in [-0.05, 0) is 43.0 Å². The molecule has 2 unspecified atom stereocenters. The van der Waals surface area contributed by atoms with Gasteiger partial charge in [0.05, 0.1) is 5.25 Å². The van der Waals surface area contributed by atoms with Crippen LogP contribution < -0.4 is 5.32 Å². The van der Waals surface area contributed by atoms with Crippen LogP contribution in [0.5, 0.6) is 0 Å². The lowest BCUT2D eigenvalue weighted by atomic mass is 9.87. The second kappa shape index (κ2) is 5.65. The maximum Gasteiger partial charge on any atom is 0.185 e. The van der Waals surface area contributed by atoms with Crippen LogP contribution in [0.15, 0.2) is 23.1 Å². The molecule has 0 radical (unpaired) electrons. The lowest BCUT2D eigenvalue weighted by Crippen LogP contribution is -2.47. The maximum atomic E-state index is 13.9. The molecule has 1 N–H and O–H groups in total. The highest BCUT2D eigenvalue weighted by Gasteiger charge is 2.48. The Morgan fingerprint density at radius 3 is 2.62 bits per heavy atom. The lowest BCUT2D eigenvalue weighted by Gasteiger charge is -2.31. The summed E-state index contributed by atoms with van der Waals surface area (Å²) in [7, 11) is -3.91. The van der Waals surface area contributed by atoms with Crippen LogP contribution in [-0.2, 0) is 9.84 Å². The van der Waals surface area contributed by atoms with Crippen molar-refractivity contribution in [2.24, 2.45) is 5.41 Å². The monoisotopic (exact) mass is 317 g/mol. The first-order chi connectivity index (χ1) is 9.70. The van der Waals surface area contributed by atoms with Gasteiger partial charge in [0, 0.05) is 6.04 Å². The maximum absolute atomic E-state index is 13.9. The third kappa shape index (κ3) is 2.97. The summed E-state index contributed by atoms with van der Waals surface area (Å²) in [4.78, 5) is -0.534. The molecule has 0 saturated heterocycles. The Kier molecular flexibility index (Phi) is 4.40. The average Bonchev–Trinajstić information content (AvgIpc) is 2.69. The van der Waals surface area contributed by atoms with Crippen molar-refractivity contribution >= 4 is 9.84 Å². The van der Waals surface area contributed by atoms with Gasteiger partial charge in [-0.3, -0.25) is 0 Å². The Hall–Kier alpha value is -1.01. The molecule has 6 heteroatoms. The van der Waals surface area contributed by atoms with E-state index in [9.17, 15) is 17.2 Å². The predicted octanol–water partition coefficient (Wildman–Crippen LogP) is 2.91. The molecule has 21 heavy (non-hydrogen) atoms. The second-order valence-electron chi connectivity index (χ2n) is 6.22. The summed E-state index contributed by atoms with van der Waals surface area (Å²) in [5.41, 5.74) is -0.197. The first kappa shape index (κ1) is 16.4. The molecule has 1 saturated carbocycles. The molecule has 0 aliphatic heterocycles.